The number of aromatic hydroxyl groups is 1. The molecule has 0 saturated carbocycles. The molecule has 0 saturated heterocycles. The minimum atomic E-state index is -0.415. The molecule has 5 heteroatoms. The number of rotatable bonds is 4. The fourth-order valence-corrected chi connectivity index (χ4v) is 2.53. The first kappa shape index (κ1) is 16.5. The van der Waals surface area contributed by atoms with E-state index in [-0.39, 0.29) is 17.2 Å². The molecule has 0 bridgehead atoms. The molecule has 3 rings (SSSR count). The van der Waals surface area contributed by atoms with Crippen LogP contribution in [0.5, 0.6) is 5.75 Å². The number of amides is 2. The third kappa shape index (κ3) is 3.77. The van der Waals surface area contributed by atoms with Gasteiger partial charge in [0, 0.05) is 17.8 Å². The Kier molecular flexibility index (Phi) is 4.66. The Morgan fingerprint density at radius 3 is 2.20 bits per heavy atom. The summed E-state index contributed by atoms with van der Waals surface area (Å²) in [7, 11) is 0. The molecule has 3 N–H and O–H groups in total. The maximum absolute atomic E-state index is 12.5. The van der Waals surface area contributed by atoms with Gasteiger partial charge in [0.15, 0.2) is 0 Å². The standard InChI is InChI=1S/C20H18N2O3/c1-2-19(24)21-15-8-5-9-16(12-15)22-20(25)17-10-13-6-3-4-7-14(13)11-18(17)23/h3-12,23H,2H2,1H3,(H,21,24)(H,22,25). The normalized spacial score (nSPS) is 10.4. The van der Waals surface area contributed by atoms with Crippen LogP contribution in [0, 0.1) is 0 Å². The summed E-state index contributed by atoms with van der Waals surface area (Å²) >= 11 is 0. The molecule has 3 aromatic rings. The predicted octanol–water partition coefficient (Wildman–Crippen LogP) is 4.15. The van der Waals surface area contributed by atoms with Gasteiger partial charge in [-0.1, -0.05) is 37.3 Å². The highest BCUT2D eigenvalue weighted by Crippen LogP contribution is 2.26. The van der Waals surface area contributed by atoms with E-state index in [2.05, 4.69) is 10.6 Å². The molecule has 0 heterocycles. The van der Waals surface area contributed by atoms with Gasteiger partial charge in [-0.2, -0.15) is 0 Å². The van der Waals surface area contributed by atoms with Gasteiger partial charge in [-0.3, -0.25) is 9.59 Å². The van der Waals surface area contributed by atoms with Gasteiger partial charge >= 0.3 is 0 Å². The second-order valence-electron chi connectivity index (χ2n) is 5.65. The summed E-state index contributed by atoms with van der Waals surface area (Å²) in [6.07, 6.45) is 0.377. The molecule has 0 aromatic heterocycles. The van der Waals surface area contributed by atoms with Crippen molar-refractivity contribution in [3.05, 3.63) is 66.2 Å². The van der Waals surface area contributed by atoms with Crippen LogP contribution in [0.4, 0.5) is 11.4 Å². The predicted molar refractivity (Wildman–Crippen MR) is 98.9 cm³/mol. The molecule has 0 atom stereocenters. The first-order valence-electron chi connectivity index (χ1n) is 8.00. The molecular formula is C20H18N2O3. The summed E-state index contributed by atoms with van der Waals surface area (Å²) in [6, 6.07) is 17.6. The summed E-state index contributed by atoms with van der Waals surface area (Å²) in [4.78, 5) is 24.0. The highest BCUT2D eigenvalue weighted by molar-refractivity contribution is 6.08. The van der Waals surface area contributed by atoms with Crippen LogP contribution in [0.1, 0.15) is 23.7 Å². The van der Waals surface area contributed by atoms with Gasteiger partial charge < -0.3 is 15.7 Å². The molecule has 2 amide bonds. The molecule has 3 aromatic carbocycles. The number of anilines is 2. The summed E-state index contributed by atoms with van der Waals surface area (Å²) in [5.74, 6) is -0.593. The summed E-state index contributed by atoms with van der Waals surface area (Å²) in [6.45, 7) is 1.77. The molecule has 0 aliphatic rings. The molecule has 0 spiro atoms. The van der Waals surface area contributed by atoms with E-state index >= 15 is 0 Å². The van der Waals surface area contributed by atoms with Crippen LogP contribution in [0.15, 0.2) is 60.7 Å². The van der Waals surface area contributed by atoms with Crippen molar-refractivity contribution >= 4 is 34.0 Å². The number of carbonyl (C=O) groups excluding carboxylic acids is 2. The van der Waals surface area contributed by atoms with Gasteiger partial charge in [-0.15, -0.1) is 0 Å². The van der Waals surface area contributed by atoms with E-state index in [1.54, 1.807) is 43.3 Å². The summed E-state index contributed by atoms with van der Waals surface area (Å²) in [5, 5.41) is 17.4. The quantitative estimate of drug-likeness (QED) is 0.671. The number of benzene rings is 3. The van der Waals surface area contributed by atoms with Crippen LogP contribution >= 0.6 is 0 Å². The minimum Gasteiger partial charge on any atom is -0.507 e. The van der Waals surface area contributed by atoms with E-state index in [1.807, 2.05) is 24.3 Å². The van der Waals surface area contributed by atoms with Gasteiger partial charge in [-0.25, -0.2) is 0 Å². The monoisotopic (exact) mass is 334 g/mol. The summed E-state index contributed by atoms with van der Waals surface area (Å²) in [5.41, 5.74) is 1.33. The zero-order valence-electron chi connectivity index (χ0n) is 13.7. The zero-order valence-corrected chi connectivity index (χ0v) is 13.7. The molecule has 0 aliphatic heterocycles. The lowest BCUT2D eigenvalue weighted by Crippen LogP contribution is -2.13. The van der Waals surface area contributed by atoms with Gasteiger partial charge in [0.2, 0.25) is 5.91 Å². The number of carbonyl (C=O) groups is 2. The number of hydrogen-bond acceptors (Lipinski definition) is 3. The van der Waals surface area contributed by atoms with Gasteiger partial charge in [-0.05, 0) is 41.1 Å². The van der Waals surface area contributed by atoms with Crippen molar-refractivity contribution in [2.24, 2.45) is 0 Å². The number of fused-ring (bicyclic) bond motifs is 1. The van der Waals surface area contributed by atoms with Gasteiger partial charge in [0.05, 0.1) is 5.56 Å². The van der Waals surface area contributed by atoms with E-state index < -0.39 is 5.91 Å². The lowest BCUT2D eigenvalue weighted by atomic mass is 10.1. The van der Waals surface area contributed by atoms with E-state index in [4.69, 9.17) is 0 Å². The Morgan fingerprint density at radius 2 is 1.52 bits per heavy atom. The highest BCUT2D eigenvalue weighted by Gasteiger charge is 2.13. The Labute approximate surface area is 145 Å². The van der Waals surface area contributed by atoms with Crippen molar-refractivity contribution in [3.8, 4) is 5.75 Å². The number of phenols is 1. The Morgan fingerprint density at radius 1 is 0.880 bits per heavy atom. The number of phenolic OH excluding ortho intramolecular Hbond substituents is 1. The molecule has 0 aliphatic carbocycles. The largest absolute Gasteiger partial charge is 0.507 e. The topological polar surface area (TPSA) is 78.4 Å². The first-order chi connectivity index (χ1) is 12.1. The SMILES string of the molecule is CCC(=O)Nc1cccc(NC(=O)c2cc3ccccc3cc2O)c1. The van der Waals surface area contributed by atoms with Crippen LogP contribution in [-0.4, -0.2) is 16.9 Å². The third-order valence-electron chi connectivity index (χ3n) is 3.83. The summed E-state index contributed by atoms with van der Waals surface area (Å²) < 4.78 is 0. The molecular weight excluding hydrogens is 316 g/mol. The van der Waals surface area contributed by atoms with Crippen LogP contribution in [0.3, 0.4) is 0 Å². The molecule has 5 nitrogen and oxygen atoms in total. The Balaban J connectivity index is 1.84. The van der Waals surface area contributed by atoms with E-state index in [9.17, 15) is 14.7 Å². The third-order valence-corrected chi connectivity index (χ3v) is 3.83. The maximum Gasteiger partial charge on any atom is 0.259 e. The number of nitrogens with one attached hydrogen (secondary N) is 2. The Hall–Kier alpha value is -3.34. The van der Waals surface area contributed by atoms with Crippen molar-refractivity contribution in [3.63, 3.8) is 0 Å². The fourth-order valence-electron chi connectivity index (χ4n) is 2.53. The highest BCUT2D eigenvalue weighted by atomic mass is 16.3. The average Bonchev–Trinajstić information content (AvgIpc) is 2.61. The van der Waals surface area contributed by atoms with Crippen molar-refractivity contribution in [2.45, 2.75) is 13.3 Å². The van der Waals surface area contributed by atoms with Crippen molar-refractivity contribution < 1.29 is 14.7 Å². The van der Waals surface area contributed by atoms with Crippen LogP contribution in [0.25, 0.3) is 10.8 Å². The number of hydrogen-bond donors (Lipinski definition) is 3. The van der Waals surface area contributed by atoms with Gasteiger partial charge in [0.1, 0.15) is 5.75 Å². The van der Waals surface area contributed by atoms with Crippen molar-refractivity contribution in [1.29, 1.82) is 0 Å². The van der Waals surface area contributed by atoms with Crippen molar-refractivity contribution in [2.75, 3.05) is 10.6 Å². The smallest absolute Gasteiger partial charge is 0.259 e. The first-order valence-corrected chi connectivity index (χ1v) is 8.00. The fraction of sp³-hybridized carbons (Fsp3) is 0.100. The Bertz CT molecular complexity index is 951. The van der Waals surface area contributed by atoms with Gasteiger partial charge in [0.25, 0.3) is 5.91 Å². The lowest BCUT2D eigenvalue weighted by Gasteiger charge is -2.10. The molecule has 25 heavy (non-hydrogen) atoms. The van der Waals surface area contributed by atoms with E-state index in [1.165, 1.54) is 0 Å². The minimum absolute atomic E-state index is 0.0772. The maximum atomic E-state index is 12.5. The van der Waals surface area contributed by atoms with Crippen molar-refractivity contribution in [1.82, 2.24) is 0 Å². The molecule has 126 valence electrons. The molecule has 0 unspecified atom stereocenters. The average molecular weight is 334 g/mol. The lowest BCUT2D eigenvalue weighted by molar-refractivity contribution is -0.115. The molecule has 0 fully saturated rings. The van der Waals surface area contributed by atoms with Crippen LogP contribution in [-0.2, 0) is 4.79 Å². The zero-order chi connectivity index (χ0) is 17.8. The molecule has 0 radical (unpaired) electrons. The van der Waals surface area contributed by atoms with Crippen LogP contribution < -0.4 is 10.6 Å². The second-order valence-corrected chi connectivity index (χ2v) is 5.65. The van der Waals surface area contributed by atoms with E-state index in [0.717, 1.165) is 10.8 Å². The van der Waals surface area contributed by atoms with Crippen LogP contribution in [0.2, 0.25) is 0 Å². The van der Waals surface area contributed by atoms with E-state index in [0.29, 0.717) is 17.8 Å². The second kappa shape index (κ2) is 7.05.